The van der Waals surface area contributed by atoms with Gasteiger partial charge in [-0.1, -0.05) is 38.1 Å². The molecule has 0 saturated carbocycles. The van der Waals surface area contributed by atoms with Crippen LogP contribution in [-0.4, -0.2) is 107 Å². The topological polar surface area (TPSA) is 484 Å². The van der Waals surface area contributed by atoms with Gasteiger partial charge in [0.05, 0.1) is 21.2 Å². The predicted octanol–water partition coefficient (Wildman–Crippen LogP) is -10.7. The summed E-state index contributed by atoms with van der Waals surface area (Å²) in [6.07, 6.45) is 0.596. The Balaban J connectivity index is 0.00000501. The molecule has 0 atom stereocenters. The maximum Gasteiger partial charge on any atom is 1.00 e. The van der Waals surface area contributed by atoms with Crippen LogP contribution in [0.25, 0.3) is 21.5 Å². The summed E-state index contributed by atoms with van der Waals surface area (Å²) in [6.45, 7) is 3.45. The van der Waals surface area contributed by atoms with Gasteiger partial charge in [0.1, 0.15) is 19.6 Å². The maximum absolute atomic E-state index is 13.8. The molecule has 6 amide bonds. The molecular formula is C53H44N6Na6O23S6+6. The summed E-state index contributed by atoms with van der Waals surface area (Å²) in [6, 6.07) is 22.9. The fourth-order valence-corrected chi connectivity index (χ4v) is 13.1. The van der Waals surface area contributed by atoms with Crippen molar-refractivity contribution in [1.82, 2.24) is 0 Å². The SMILES string of the molecule is CCc1ccc(C(=O)Nc2ccc(S(=O)(=O)O)c3cc(S(=O)(=O)O)cc(S(=O)(=O)O)c23)cc1NC(=O)c1cccc(NC(=O)Nc2cccc(C(=O)Nc3cc(C(=O)Nc4ccc(S(=O)(=O)O)c5cc(S(=O)(=O)O)cc(S(=O)(=O)O)c45)ccc3CC)c2)c1.[Na+].[Na+].[Na+].[Na+].[Na+].[Na+]. The summed E-state index contributed by atoms with van der Waals surface area (Å²) >= 11 is 0. The number of anilines is 6. The number of amides is 6. The average molecular weight is 1460 g/mol. The first-order valence-corrected chi connectivity index (χ1v) is 33.4. The van der Waals surface area contributed by atoms with E-state index in [1.807, 2.05) is 0 Å². The monoisotopic (exact) mass is 1460 g/mol. The molecule has 29 nitrogen and oxygen atoms in total. The molecule has 0 aromatic heterocycles. The van der Waals surface area contributed by atoms with Gasteiger partial charge >= 0.3 is 183 Å². The second kappa shape index (κ2) is 34.3. The molecular weight excluding hydrogens is 1420 g/mol. The summed E-state index contributed by atoms with van der Waals surface area (Å²) in [5.41, 5.74) is -0.0795. The molecule has 0 heterocycles. The number of rotatable bonds is 18. The standard InChI is InChI=1S/C53H44N6O23S6.6Na/c1-3-27-11-13-31(51(62)56-39-15-17-43(85(71,72)73)37-23-35(83(65,66)67)25-45(47(37)39)87(77,78)79)21-41(27)58-49(60)29-7-5-9-33(19-29)54-53(64)55-34-10-6-8-30(20-34)50(61)59-42-22-32(14-12-28(42)4-2)52(63)57-40-16-18-44(86(74,75)76)38-24-36(84(68,69)70)26-46(48(38)40)88(80,81)82;;;;;;/h5-26H,3-4H2,1-2H3,(H,56,62)(H,57,63)(H,58,60)(H,59,61)(H2,54,55,64)(H,65,66,67)(H,68,69,70)(H,71,72,73)(H,74,75,76)(H,77,78,79)(H,80,81,82);;;;;;/q;6*+1. The molecule has 0 unspecified atom stereocenters. The molecule has 8 aromatic carbocycles. The van der Waals surface area contributed by atoms with Gasteiger partial charge in [0.15, 0.2) is 0 Å². The summed E-state index contributed by atoms with van der Waals surface area (Å²) in [4.78, 5) is 61.4. The van der Waals surface area contributed by atoms with Gasteiger partial charge in [-0.3, -0.25) is 46.5 Å². The zero-order valence-corrected chi connectivity index (χ0v) is 67.6. The maximum atomic E-state index is 13.8. The number of hydrogen-bond donors (Lipinski definition) is 12. The van der Waals surface area contributed by atoms with Crippen molar-refractivity contribution in [1.29, 1.82) is 0 Å². The number of carbonyl (C=O) groups excluding carboxylic acids is 5. The molecule has 460 valence electrons. The van der Waals surface area contributed by atoms with Crippen LogP contribution < -0.4 is 209 Å². The third-order valence-corrected chi connectivity index (χ3v) is 18.2. The molecule has 12 N–H and O–H groups in total. The van der Waals surface area contributed by atoms with Gasteiger partial charge in [0, 0.05) is 66.5 Å². The van der Waals surface area contributed by atoms with Crippen LogP contribution in [-0.2, 0) is 73.6 Å². The van der Waals surface area contributed by atoms with E-state index in [4.69, 9.17) is 0 Å². The third kappa shape index (κ3) is 21.0. The van der Waals surface area contributed by atoms with Crippen molar-refractivity contribution in [3.05, 3.63) is 167 Å². The predicted molar refractivity (Wildman–Crippen MR) is 316 cm³/mol. The Kier molecular flexibility index (Phi) is 31.7. The van der Waals surface area contributed by atoms with E-state index in [-0.39, 0.29) is 222 Å². The van der Waals surface area contributed by atoms with Gasteiger partial charge in [-0.25, -0.2) is 4.79 Å². The Labute approximate surface area is 670 Å². The van der Waals surface area contributed by atoms with E-state index in [0.29, 0.717) is 60.4 Å². The molecule has 0 aliphatic rings. The second-order valence-electron chi connectivity index (χ2n) is 18.8. The number of benzene rings is 8. The van der Waals surface area contributed by atoms with E-state index in [1.54, 1.807) is 13.8 Å². The van der Waals surface area contributed by atoms with Crippen molar-refractivity contribution in [2.24, 2.45) is 0 Å². The molecule has 0 aliphatic carbocycles. The Morgan fingerprint density at radius 1 is 0.319 bits per heavy atom. The largest absolute Gasteiger partial charge is 1.00 e. The molecule has 0 fully saturated rings. The number of hydrogen-bond acceptors (Lipinski definition) is 17. The smallest absolute Gasteiger partial charge is 0.322 e. The van der Waals surface area contributed by atoms with Crippen molar-refractivity contribution >= 4 is 146 Å². The van der Waals surface area contributed by atoms with Crippen molar-refractivity contribution < 1.29 is 279 Å². The minimum Gasteiger partial charge on any atom is -0.322 e. The number of carbonyl (C=O) groups is 5. The van der Waals surface area contributed by atoms with E-state index < -0.39 is 153 Å². The van der Waals surface area contributed by atoms with E-state index in [9.17, 15) is 102 Å². The van der Waals surface area contributed by atoms with Crippen LogP contribution in [0.4, 0.5) is 38.9 Å². The van der Waals surface area contributed by atoms with Gasteiger partial charge in [0.25, 0.3) is 84.3 Å². The van der Waals surface area contributed by atoms with Crippen molar-refractivity contribution in [3.63, 3.8) is 0 Å². The molecule has 8 aromatic rings. The van der Waals surface area contributed by atoms with E-state index >= 15 is 0 Å². The van der Waals surface area contributed by atoms with Crippen molar-refractivity contribution in [3.8, 4) is 0 Å². The zero-order valence-electron chi connectivity index (χ0n) is 50.7. The Morgan fingerprint density at radius 2 is 0.617 bits per heavy atom. The Morgan fingerprint density at radius 3 is 0.904 bits per heavy atom. The van der Waals surface area contributed by atoms with E-state index in [2.05, 4.69) is 31.9 Å². The number of fused-ring (bicyclic) bond motifs is 2. The first-order chi connectivity index (χ1) is 40.8. The van der Waals surface area contributed by atoms with Crippen LogP contribution in [0.2, 0.25) is 0 Å². The first kappa shape index (κ1) is 87.0. The fraction of sp³-hybridized carbons (Fsp3) is 0.0755. The summed E-state index contributed by atoms with van der Waals surface area (Å²) in [7, 11) is -31.9. The normalized spacial score (nSPS) is 11.5. The van der Waals surface area contributed by atoms with Crippen LogP contribution in [0.1, 0.15) is 66.4 Å². The van der Waals surface area contributed by atoms with Crippen molar-refractivity contribution in [2.45, 2.75) is 56.1 Å². The summed E-state index contributed by atoms with van der Waals surface area (Å²) in [5, 5.41) is 12.0. The Bertz CT molecular complexity index is 4780. The number of urea groups is 1. The van der Waals surface area contributed by atoms with Crippen LogP contribution in [0.3, 0.4) is 0 Å². The van der Waals surface area contributed by atoms with E-state index in [0.717, 1.165) is 12.1 Å². The minimum atomic E-state index is -5.45. The second-order valence-corrected chi connectivity index (χ2v) is 27.2. The first-order valence-electron chi connectivity index (χ1n) is 24.7. The third-order valence-electron chi connectivity index (χ3n) is 13.0. The van der Waals surface area contributed by atoms with Crippen LogP contribution in [0, 0.1) is 0 Å². The molecule has 0 saturated heterocycles. The van der Waals surface area contributed by atoms with E-state index in [1.165, 1.54) is 84.9 Å². The van der Waals surface area contributed by atoms with Gasteiger partial charge in [0.2, 0.25) is 0 Å². The van der Waals surface area contributed by atoms with Gasteiger partial charge in [-0.15, -0.1) is 0 Å². The summed E-state index contributed by atoms with van der Waals surface area (Å²) < 4.78 is 207. The van der Waals surface area contributed by atoms with Gasteiger partial charge in [-0.05, 0) is 133 Å². The molecule has 0 aliphatic heterocycles. The molecule has 41 heteroatoms. The van der Waals surface area contributed by atoms with Crippen LogP contribution in [0.5, 0.6) is 0 Å². The van der Waals surface area contributed by atoms with Gasteiger partial charge in [-0.2, -0.15) is 50.5 Å². The van der Waals surface area contributed by atoms with Crippen LogP contribution >= 0.6 is 0 Å². The Hall–Kier alpha value is -3.11. The molecule has 0 spiro atoms. The molecule has 0 radical (unpaired) electrons. The zero-order chi connectivity index (χ0) is 64.8. The minimum absolute atomic E-state index is 0. The van der Waals surface area contributed by atoms with Crippen LogP contribution in [0.15, 0.2) is 163 Å². The van der Waals surface area contributed by atoms with Crippen molar-refractivity contribution in [2.75, 3.05) is 31.9 Å². The molecule has 0 bridgehead atoms. The number of nitrogens with one attached hydrogen (secondary N) is 6. The quantitative estimate of drug-likeness (QED) is 0.0280. The van der Waals surface area contributed by atoms with Gasteiger partial charge < -0.3 is 31.9 Å². The fourth-order valence-electron chi connectivity index (χ4n) is 8.98. The molecule has 94 heavy (non-hydrogen) atoms. The number of aryl methyl sites for hydroxylation is 2. The average Bonchev–Trinajstić information content (AvgIpc) is 0.750. The summed E-state index contributed by atoms with van der Waals surface area (Å²) in [5.74, 6) is -3.52. The molecule has 8 rings (SSSR count).